The van der Waals surface area contributed by atoms with E-state index in [0.717, 1.165) is 10.9 Å². The minimum absolute atomic E-state index is 0.207. The number of nitrogens with one attached hydrogen (secondary N) is 1. The smallest absolute Gasteiger partial charge is 0.338 e. The second-order valence-electron chi connectivity index (χ2n) is 7.19. The van der Waals surface area contributed by atoms with Crippen molar-refractivity contribution >= 4 is 28.5 Å². The van der Waals surface area contributed by atoms with Crippen LogP contribution in [0.3, 0.4) is 0 Å². The van der Waals surface area contributed by atoms with Crippen LogP contribution >= 0.6 is 0 Å². The fraction of sp³-hybridized carbons (Fsp3) is 0.261. The summed E-state index contributed by atoms with van der Waals surface area (Å²) in [5, 5.41) is 3.54. The van der Waals surface area contributed by atoms with Crippen LogP contribution in [0.1, 0.15) is 36.7 Å². The van der Waals surface area contributed by atoms with Crippen LogP contribution in [0.2, 0.25) is 0 Å². The fourth-order valence-electron chi connectivity index (χ4n) is 2.85. The first kappa shape index (κ1) is 21.1. The molecule has 7 heteroatoms. The largest absolute Gasteiger partial charge is 0.481 e. The number of fused-ring (bicyclic) bond motifs is 1. The van der Waals surface area contributed by atoms with E-state index in [1.165, 1.54) is 6.07 Å². The Bertz CT molecular complexity index is 1130. The summed E-state index contributed by atoms with van der Waals surface area (Å²) in [5.41, 5.74) is 1.69. The Morgan fingerprint density at radius 3 is 2.37 bits per heavy atom. The Morgan fingerprint density at radius 1 is 1.00 bits per heavy atom. The molecule has 3 rings (SSSR count). The van der Waals surface area contributed by atoms with E-state index < -0.39 is 17.7 Å². The van der Waals surface area contributed by atoms with Gasteiger partial charge in [-0.25, -0.2) is 9.59 Å². The van der Waals surface area contributed by atoms with E-state index in [4.69, 9.17) is 13.9 Å². The second kappa shape index (κ2) is 8.82. The van der Waals surface area contributed by atoms with Gasteiger partial charge in [0.15, 0.2) is 6.10 Å². The molecule has 0 bridgehead atoms. The van der Waals surface area contributed by atoms with Crippen molar-refractivity contribution in [2.24, 2.45) is 0 Å². The molecule has 0 aliphatic heterocycles. The minimum Gasteiger partial charge on any atom is -0.481 e. The molecule has 1 N–H and O–H groups in total. The summed E-state index contributed by atoms with van der Waals surface area (Å²) in [5.74, 6) is -0.373. The third-order valence-electron chi connectivity index (χ3n) is 4.34. The standard InChI is InChI=1S/C23H23NO6/c1-13(2)28-23(27)16-5-7-17(8-6-16)24-22(26)15(4)29-18-9-10-19-14(3)11-21(25)30-20(19)12-18/h5-13,15H,1-4H3,(H,24,26). The number of hydrogen-bond donors (Lipinski definition) is 1. The van der Waals surface area contributed by atoms with E-state index >= 15 is 0 Å². The molecule has 0 saturated carbocycles. The quantitative estimate of drug-likeness (QED) is 0.487. The van der Waals surface area contributed by atoms with Crippen molar-refractivity contribution in [2.75, 3.05) is 5.32 Å². The highest BCUT2D eigenvalue weighted by molar-refractivity contribution is 5.95. The van der Waals surface area contributed by atoms with Crippen LogP contribution in [0.4, 0.5) is 5.69 Å². The molecule has 1 heterocycles. The topological polar surface area (TPSA) is 94.8 Å². The molecule has 2 aromatic carbocycles. The van der Waals surface area contributed by atoms with Crippen molar-refractivity contribution < 1.29 is 23.5 Å². The van der Waals surface area contributed by atoms with Gasteiger partial charge in [0.1, 0.15) is 11.3 Å². The maximum Gasteiger partial charge on any atom is 0.338 e. The van der Waals surface area contributed by atoms with Gasteiger partial charge in [-0.1, -0.05) is 0 Å². The molecule has 0 fully saturated rings. The van der Waals surface area contributed by atoms with Gasteiger partial charge in [0.05, 0.1) is 11.7 Å². The van der Waals surface area contributed by atoms with Crippen molar-refractivity contribution in [3.8, 4) is 5.75 Å². The van der Waals surface area contributed by atoms with Crippen LogP contribution in [0.15, 0.2) is 57.7 Å². The zero-order valence-electron chi connectivity index (χ0n) is 17.2. The molecule has 1 atom stereocenters. The summed E-state index contributed by atoms with van der Waals surface area (Å²) < 4.78 is 16.0. The summed E-state index contributed by atoms with van der Waals surface area (Å²) in [6.45, 7) is 6.99. The van der Waals surface area contributed by atoms with Crippen LogP contribution in [0.5, 0.6) is 5.75 Å². The zero-order valence-corrected chi connectivity index (χ0v) is 17.2. The summed E-state index contributed by atoms with van der Waals surface area (Å²) in [4.78, 5) is 35.9. The molecule has 0 spiro atoms. The molecule has 3 aromatic rings. The number of anilines is 1. The Morgan fingerprint density at radius 2 is 1.70 bits per heavy atom. The number of amides is 1. The third kappa shape index (κ3) is 5.05. The molecule has 1 aromatic heterocycles. The number of ether oxygens (including phenoxy) is 2. The van der Waals surface area contributed by atoms with Crippen LogP contribution in [0.25, 0.3) is 11.0 Å². The van der Waals surface area contributed by atoms with Crippen molar-refractivity contribution in [2.45, 2.75) is 39.9 Å². The number of esters is 1. The molecule has 30 heavy (non-hydrogen) atoms. The predicted octanol–water partition coefficient (Wildman–Crippen LogP) is 4.07. The van der Waals surface area contributed by atoms with Crippen LogP contribution in [0, 0.1) is 6.92 Å². The highest BCUT2D eigenvalue weighted by Crippen LogP contribution is 2.23. The number of carbonyl (C=O) groups is 2. The van der Waals surface area contributed by atoms with Crippen LogP contribution < -0.4 is 15.7 Å². The van der Waals surface area contributed by atoms with Gasteiger partial charge in [-0.3, -0.25) is 4.79 Å². The first-order chi connectivity index (χ1) is 14.2. The lowest BCUT2D eigenvalue weighted by molar-refractivity contribution is -0.122. The van der Waals surface area contributed by atoms with E-state index in [1.54, 1.807) is 63.2 Å². The van der Waals surface area contributed by atoms with Gasteiger partial charge < -0.3 is 19.2 Å². The van der Waals surface area contributed by atoms with E-state index in [1.807, 2.05) is 6.92 Å². The average Bonchev–Trinajstić information content (AvgIpc) is 2.67. The van der Waals surface area contributed by atoms with Gasteiger partial charge in [0, 0.05) is 23.2 Å². The highest BCUT2D eigenvalue weighted by atomic mass is 16.5. The number of aryl methyl sites for hydroxylation is 1. The number of benzene rings is 2. The maximum atomic E-state index is 12.5. The molecule has 1 amide bonds. The summed E-state index contributed by atoms with van der Waals surface area (Å²) >= 11 is 0. The van der Waals surface area contributed by atoms with E-state index in [-0.39, 0.29) is 12.0 Å². The van der Waals surface area contributed by atoms with Crippen molar-refractivity contribution in [1.29, 1.82) is 0 Å². The molecule has 1 unspecified atom stereocenters. The van der Waals surface area contributed by atoms with Crippen molar-refractivity contribution in [3.05, 3.63) is 70.1 Å². The maximum absolute atomic E-state index is 12.5. The van der Waals surface area contributed by atoms with Gasteiger partial charge in [0.25, 0.3) is 5.91 Å². The first-order valence-electron chi connectivity index (χ1n) is 9.56. The lowest BCUT2D eigenvalue weighted by atomic mass is 10.1. The number of hydrogen-bond acceptors (Lipinski definition) is 6. The van der Waals surface area contributed by atoms with Crippen molar-refractivity contribution in [1.82, 2.24) is 0 Å². The lowest BCUT2D eigenvalue weighted by Gasteiger charge is -2.15. The van der Waals surface area contributed by atoms with Crippen molar-refractivity contribution in [3.63, 3.8) is 0 Å². The normalized spacial score (nSPS) is 11.9. The molecule has 0 radical (unpaired) electrons. The number of carbonyl (C=O) groups excluding carboxylic acids is 2. The summed E-state index contributed by atoms with van der Waals surface area (Å²) in [6, 6.07) is 12.9. The Labute approximate surface area is 173 Å². The van der Waals surface area contributed by atoms with Crippen LogP contribution in [-0.4, -0.2) is 24.1 Å². The van der Waals surface area contributed by atoms with E-state index in [0.29, 0.717) is 22.6 Å². The van der Waals surface area contributed by atoms with Gasteiger partial charge >= 0.3 is 11.6 Å². The zero-order chi connectivity index (χ0) is 21.8. The van der Waals surface area contributed by atoms with Gasteiger partial charge in [-0.05, 0) is 69.7 Å². The first-order valence-corrected chi connectivity index (χ1v) is 9.56. The van der Waals surface area contributed by atoms with E-state index in [2.05, 4.69) is 5.32 Å². The molecule has 7 nitrogen and oxygen atoms in total. The van der Waals surface area contributed by atoms with E-state index in [9.17, 15) is 14.4 Å². The van der Waals surface area contributed by atoms with Gasteiger partial charge in [-0.2, -0.15) is 0 Å². The molecule has 0 aliphatic carbocycles. The Kier molecular flexibility index (Phi) is 6.20. The average molecular weight is 409 g/mol. The monoisotopic (exact) mass is 409 g/mol. The predicted molar refractivity (Wildman–Crippen MR) is 113 cm³/mol. The number of rotatable bonds is 6. The molecule has 0 saturated heterocycles. The fourth-order valence-corrected chi connectivity index (χ4v) is 2.85. The van der Waals surface area contributed by atoms with Crippen LogP contribution in [-0.2, 0) is 9.53 Å². The minimum atomic E-state index is -0.801. The SMILES string of the molecule is Cc1cc(=O)oc2cc(OC(C)C(=O)Nc3ccc(C(=O)OC(C)C)cc3)ccc12. The third-order valence-corrected chi connectivity index (χ3v) is 4.34. The van der Waals surface area contributed by atoms with Gasteiger partial charge in [-0.15, -0.1) is 0 Å². The lowest BCUT2D eigenvalue weighted by Crippen LogP contribution is -2.30. The molecular formula is C23H23NO6. The highest BCUT2D eigenvalue weighted by Gasteiger charge is 2.16. The van der Waals surface area contributed by atoms with Gasteiger partial charge in [0.2, 0.25) is 0 Å². The molecule has 156 valence electrons. The Hall–Kier alpha value is -3.61. The molecular weight excluding hydrogens is 386 g/mol. The summed E-state index contributed by atoms with van der Waals surface area (Å²) in [6.07, 6.45) is -1.01. The second-order valence-corrected chi connectivity index (χ2v) is 7.19. The molecule has 0 aliphatic rings. The summed E-state index contributed by atoms with van der Waals surface area (Å²) in [7, 11) is 0. The Balaban J connectivity index is 1.65.